The first-order valence-corrected chi connectivity index (χ1v) is 7.05. The summed E-state index contributed by atoms with van der Waals surface area (Å²) in [5, 5.41) is 4.61. The summed E-state index contributed by atoms with van der Waals surface area (Å²) in [4.78, 5) is 0. The second-order valence-corrected chi connectivity index (χ2v) is 5.57. The Balaban J connectivity index is 1.99. The Kier molecular flexibility index (Phi) is 3.26. The van der Waals surface area contributed by atoms with Crippen LogP contribution in [0, 0.1) is 13.8 Å². The van der Waals surface area contributed by atoms with Gasteiger partial charge in [0.15, 0.2) is 0 Å². The van der Waals surface area contributed by atoms with Gasteiger partial charge in [-0.1, -0.05) is 6.07 Å². The van der Waals surface area contributed by atoms with Crippen LogP contribution in [0.1, 0.15) is 41.0 Å². The molecule has 0 radical (unpaired) electrons. The minimum Gasteiger partial charge on any atom is -0.497 e. The van der Waals surface area contributed by atoms with Crippen molar-refractivity contribution in [2.45, 2.75) is 38.8 Å². The second-order valence-electron chi connectivity index (χ2n) is 5.57. The number of benzene rings is 1. The topological polar surface area (TPSA) is 53.1 Å². The summed E-state index contributed by atoms with van der Waals surface area (Å²) in [5.74, 6) is 0.869. The van der Waals surface area contributed by atoms with Crippen molar-refractivity contribution in [3.8, 4) is 5.75 Å². The Bertz CT molecular complexity index is 633. The second kappa shape index (κ2) is 4.94. The third kappa shape index (κ3) is 2.10. The molecule has 106 valence electrons. The Morgan fingerprint density at radius 1 is 1.30 bits per heavy atom. The van der Waals surface area contributed by atoms with E-state index in [1.54, 1.807) is 7.11 Å². The zero-order chi connectivity index (χ0) is 14.3. The third-order valence-corrected chi connectivity index (χ3v) is 4.19. The van der Waals surface area contributed by atoms with Crippen molar-refractivity contribution in [3.05, 3.63) is 46.8 Å². The number of aromatic nitrogens is 2. The van der Waals surface area contributed by atoms with Crippen molar-refractivity contribution < 1.29 is 4.74 Å². The van der Waals surface area contributed by atoms with Crippen LogP contribution < -0.4 is 10.5 Å². The van der Waals surface area contributed by atoms with Crippen LogP contribution in [0.2, 0.25) is 0 Å². The van der Waals surface area contributed by atoms with Gasteiger partial charge < -0.3 is 10.5 Å². The summed E-state index contributed by atoms with van der Waals surface area (Å²) in [7, 11) is 1.69. The predicted octanol–water partition coefficient (Wildman–Crippen LogP) is 2.70. The van der Waals surface area contributed by atoms with Crippen molar-refractivity contribution in [2.24, 2.45) is 5.73 Å². The van der Waals surface area contributed by atoms with Gasteiger partial charge in [-0.05, 0) is 56.0 Å². The highest BCUT2D eigenvalue weighted by Gasteiger charge is 2.29. The quantitative estimate of drug-likeness (QED) is 0.913. The Morgan fingerprint density at radius 3 is 2.75 bits per heavy atom. The molecule has 0 saturated heterocycles. The lowest BCUT2D eigenvalue weighted by Gasteiger charge is -2.32. The summed E-state index contributed by atoms with van der Waals surface area (Å²) < 4.78 is 7.41. The maximum absolute atomic E-state index is 6.51. The van der Waals surface area contributed by atoms with E-state index in [4.69, 9.17) is 10.5 Å². The van der Waals surface area contributed by atoms with Crippen LogP contribution in [-0.4, -0.2) is 16.9 Å². The normalized spacial score (nSPS) is 21.6. The molecule has 0 aliphatic heterocycles. The van der Waals surface area contributed by atoms with Gasteiger partial charge in [0, 0.05) is 5.69 Å². The molecule has 2 N–H and O–H groups in total. The van der Waals surface area contributed by atoms with Gasteiger partial charge in [-0.25, -0.2) is 0 Å². The standard InChI is InChI=1S/C16H21N3O/c1-10-8-11(2)19(18-10)15-7-5-12-4-6-13(20-3)9-14(12)16(15)17/h4,6,8-9,15-16H,5,7,17H2,1-3H3. The smallest absolute Gasteiger partial charge is 0.119 e. The van der Waals surface area contributed by atoms with Gasteiger partial charge in [-0.2, -0.15) is 5.10 Å². The Morgan fingerprint density at radius 2 is 2.10 bits per heavy atom. The molecule has 1 heterocycles. The fourth-order valence-electron chi connectivity index (χ4n) is 3.18. The maximum atomic E-state index is 6.51. The van der Waals surface area contributed by atoms with Gasteiger partial charge in [-0.15, -0.1) is 0 Å². The van der Waals surface area contributed by atoms with Crippen molar-refractivity contribution in [1.82, 2.24) is 9.78 Å². The van der Waals surface area contributed by atoms with Crippen LogP contribution in [0.5, 0.6) is 5.75 Å². The molecule has 20 heavy (non-hydrogen) atoms. The molecule has 0 fully saturated rings. The van der Waals surface area contributed by atoms with Crippen molar-refractivity contribution in [1.29, 1.82) is 0 Å². The van der Waals surface area contributed by atoms with E-state index in [9.17, 15) is 0 Å². The first kappa shape index (κ1) is 13.2. The molecule has 2 unspecified atom stereocenters. The first-order chi connectivity index (χ1) is 9.60. The molecule has 1 aliphatic carbocycles. The van der Waals surface area contributed by atoms with Crippen LogP contribution in [0.15, 0.2) is 24.3 Å². The zero-order valence-electron chi connectivity index (χ0n) is 12.3. The zero-order valence-corrected chi connectivity index (χ0v) is 12.3. The molecule has 1 aromatic carbocycles. The molecule has 4 heteroatoms. The van der Waals surface area contributed by atoms with Crippen LogP contribution in [0.3, 0.4) is 0 Å². The highest BCUT2D eigenvalue weighted by Crippen LogP contribution is 2.38. The largest absolute Gasteiger partial charge is 0.497 e. The van der Waals surface area contributed by atoms with Crippen molar-refractivity contribution in [2.75, 3.05) is 7.11 Å². The van der Waals surface area contributed by atoms with E-state index in [0.29, 0.717) is 0 Å². The Hall–Kier alpha value is -1.81. The molecule has 1 aliphatic rings. The molecule has 0 saturated carbocycles. The minimum absolute atomic E-state index is 0.0353. The monoisotopic (exact) mass is 271 g/mol. The summed E-state index contributed by atoms with van der Waals surface area (Å²) >= 11 is 0. The van der Waals surface area contributed by atoms with E-state index in [1.165, 1.54) is 16.8 Å². The van der Waals surface area contributed by atoms with Gasteiger partial charge in [-0.3, -0.25) is 4.68 Å². The summed E-state index contributed by atoms with van der Waals surface area (Å²) in [5.41, 5.74) is 11.2. The van der Waals surface area contributed by atoms with E-state index in [-0.39, 0.29) is 12.1 Å². The van der Waals surface area contributed by atoms with Gasteiger partial charge >= 0.3 is 0 Å². The number of nitrogens with two attached hydrogens (primary N) is 1. The van der Waals surface area contributed by atoms with E-state index in [1.807, 2.05) is 13.0 Å². The molecular weight excluding hydrogens is 250 g/mol. The number of aryl methyl sites for hydroxylation is 3. The van der Waals surface area contributed by atoms with E-state index >= 15 is 0 Å². The van der Waals surface area contributed by atoms with Gasteiger partial charge in [0.1, 0.15) is 5.75 Å². The summed E-state index contributed by atoms with van der Waals surface area (Å²) in [6.45, 7) is 4.11. The molecule has 2 aromatic rings. The SMILES string of the molecule is COc1ccc2c(c1)C(N)C(n1nc(C)cc1C)CC2. The minimum atomic E-state index is -0.0353. The molecule has 1 aromatic heterocycles. The number of methoxy groups -OCH3 is 1. The summed E-state index contributed by atoms with van der Waals surface area (Å²) in [6.07, 6.45) is 2.07. The van der Waals surface area contributed by atoms with Crippen molar-refractivity contribution >= 4 is 0 Å². The number of nitrogens with zero attached hydrogens (tertiary/aromatic N) is 2. The number of ether oxygens (including phenoxy) is 1. The van der Waals surface area contributed by atoms with Gasteiger partial charge in [0.2, 0.25) is 0 Å². The first-order valence-electron chi connectivity index (χ1n) is 7.05. The highest BCUT2D eigenvalue weighted by molar-refractivity contribution is 5.40. The summed E-state index contributed by atoms with van der Waals surface area (Å²) in [6, 6.07) is 8.50. The number of fused-ring (bicyclic) bond motifs is 1. The fraction of sp³-hybridized carbons (Fsp3) is 0.438. The molecule has 0 bridgehead atoms. The van der Waals surface area contributed by atoms with E-state index < -0.39 is 0 Å². The number of hydrogen-bond donors (Lipinski definition) is 1. The lowest BCUT2D eigenvalue weighted by molar-refractivity contribution is 0.334. The van der Waals surface area contributed by atoms with E-state index in [2.05, 4.69) is 34.9 Å². The lowest BCUT2D eigenvalue weighted by atomic mass is 9.84. The van der Waals surface area contributed by atoms with Gasteiger partial charge in [0.05, 0.1) is 24.9 Å². The molecule has 0 amide bonds. The highest BCUT2D eigenvalue weighted by atomic mass is 16.5. The Labute approximate surface area is 119 Å². The van der Waals surface area contributed by atoms with Crippen LogP contribution in [0.4, 0.5) is 0 Å². The van der Waals surface area contributed by atoms with Crippen LogP contribution in [-0.2, 0) is 6.42 Å². The molecule has 3 rings (SSSR count). The van der Waals surface area contributed by atoms with Crippen LogP contribution in [0.25, 0.3) is 0 Å². The lowest BCUT2D eigenvalue weighted by Crippen LogP contribution is -2.31. The third-order valence-electron chi connectivity index (χ3n) is 4.19. The molecule has 2 atom stereocenters. The molecular formula is C16H21N3O. The fourth-order valence-corrected chi connectivity index (χ4v) is 3.18. The van der Waals surface area contributed by atoms with E-state index in [0.717, 1.165) is 24.3 Å². The number of hydrogen-bond acceptors (Lipinski definition) is 3. The average molecular weight is 271 g/mol. The van der Waals surface area contributed by atoms with Crippen LogP contribution >= 0.6 is 0 Å². The molecule has 4 nitrogen and oxygen atoms in total. The number of rotatable bonds is 2. The van der Waals surface area contributed by atoms with Crippen molar-refractivity contribution in [3.63, 3.8) is 0 Å². The maximum Gasteiger partial charge on any atom is 0.119 e. The predicted molar refractivity (Wildman–Crippen MR) is 79.0 cm³/mol. The van der Waals surface area contributed by atoms with Gasteiger partial charge in [0.25, 0.3) is 0 Å². The molecule has 0 spiro atoms. The average Bonchev–Trinajstić information content (AvgIpc) is 2.78.